The minimum absolute atomic E-state index is 0.00875. The highest BCUT2D eigenvalue weighted by atomic mass is 16.5. The number of alkyl carbamates (subject to hydrolysis) is 1. The SMILES string of the molecule is C=CC=C(C=C)COC(=O)NCCCC(C(C)=O)[N+](C)(C)C(C)=O. The molecule has 0 aliphatic carbocycles. The third kappa shape index (κ3) is 7.37. The van der Waals surface area contributed by atoms with E-state index in [1.807, 2.05) is 0 Å². The molecule has 6 heteroatoms. The number of carbonyl (C=O) groups is 3. The second-order valence-corrected chi connectivity index (χ2v) is 6.01. The van der Waals surface area contributed by atoms with E-state index < -0.39 is 12.1 Å². The molecule has 0 saturated heterocycles. The average Bonchev–Trinajstić information content (AvgIpc) is 2.50. The van der Waals surface area contributed by atoms with E-state index in [2.05, 4.69) is 18.5 Å². The lowest BCUT2D eigenvalue weighted by Gasteiger charge is -2.33. The maximum absolute atomic E-state index is 11.8. The first-order valence-corrected chi connectivity index (χ1v) is 7.86. The van der Waals surface area contributed by atoms with Gasteiger partial charge in [0.1, 0.15) is 6.61 Å². The second kappa shape index (κ2) is 10.5. The fourth-order valence-electron chi connectivity index (χ4n) is 2.21. The van der Waals surface area contributed by atoms with Crippen molar-refractivity contribution in [2.24, 2.45) is 0 Å². The molecule has 0 bridgehead atoms. The number of rotatable bonds is 10. The maximum atomic E-state index is 11.8. The minimum Gasteiger partial charge on any atom is -0.445 e. The number of nitrogens with zero attached hydrogens (tertiary/aromatic N) is 1. The quantitative estimate of drug-likeness (QED) is 0.377. The van der Waals surface area contributed by atoms with Gasteiger partial charge in [-0.1, -0.05) is 31.4 Å². The van der Waals surface area contributed by atoms with Gasteiger partial charge in [-0.15, -0.1) is 0 Å². The van der Waals surface area contributed by atoms with Crippen LogP contribution in [-0.4, -0.2) is 55.6 Å². The molecule has 0 aliphatic heterocycles. The Bertz CT molecular complexity index is 521. The van der Waals surface area contributed by atoms with Gasteiger partial charge in [-0.2, -0.15) is 0 Å². The summed E-state index contributed by atoms with van der Waals surface area (Å²) in [5, 5.41) is 2.63. The molecule has 0 aromatic rings. The first kappa shape index (κ1) is 21.8. The van der Waals surface area contributed by atoms with Crippen LogP contribution >= 0.6 is 0 Å². The Kier molecular flexibility index (Phi) is 9.57. The lowest BCUT2D eigenvalue weighted by atomic mass is 10.0. The Morgan fingerprint density at radius 2 is 1.83 bits per heavy atom. The third-order valence-corrected chi connectivity index (χ3v) is 3.95. The molecule has 1 N–H and O–H groups in total. The molecule has 24 heavy (non-hydrogen) atoms. The Hall–Kier alpha value is -2.21. The fourth-order valence-corrected chi connectivity index (χ4v) is 2.21. The van der Waals surface area contributed by atoms with E-state index in [0.29, 0.717) is 19.4 Å². The molecule has 1 atom stereocenters. The highest BCUT2D eigenvalue weighted by Crippen LogP contribution is 2.14. The molecule has 2 amide bonds. The van der Waals surface area contributed by atoms with E-state index in [0.717, 1.165) is 5.57 Å². The van der Waals surface area contributed by atoms with Crippen molar-refractivity contribution < 1.29 is 23.6 Å². The summed E-state index contributed by atoms with van der Waals surface area (Å²) in [6, 6.07) is -0.414. The van der Waals surface area contributed by atoms with E-state index in [1.165, 1.54) is 13.8 Å². The second-order valence-electron chi connectivity index (χ2n) is 6.01. The number of amides is 2. The number of hydrogen-bond acceptors (Lipinski definition) is 4. The van der Waals surface area contributed by atoms with Gasteiger partial charge in [0.2, 0.25) is 0 Å². The van der Waals surface area contributed by atoms with Gasteiger partial charge in [-0.3, -0.25) is 9.28 Å². The van der Waals surface area contributed by atoms with Crippen LogP contribution in [0, 0.1) is 0 Å². The van der Waals surface area contributed by atoms with E-state index in [9.17, 15) is 14.4 Å². The Labute approximate surface area is 144 Å². The maximum Gasteiger partial charge on any atom is 0.407 e. The zero-order chi connectivity index (χ0) is 18.8. The first-order chi connectivity index (χ1) is 11.2. The summed E-state index contributed by atoms with van der Waals surface area (Å²) < 4.78 is 5.05. The Morgan fingerprint density at radius 1 is 1.21 bits per heavy atom. The molecule has 0 spiro atoms. The van der Waals surface area contributed by atoms with Crippen molar-refractivity contribution in [3.63, 3.8) is 0 Å². The van der Waals surface area contributed by atoms with Gasteiger partial charge >= 0.3 is 12.0 Å². The smallest absolute Gasteiger partial charge is 0.407 e. The lowest BCUT2D eigenvalue weighted by molar-refractivity contribution is -0.830. The summed E-state index contributed by atoms with van der Waals surface area (Å²) in [7, 11) is 3.44. The van der Waals surface area contributed by atoms with Gasteiger partial charge in [0, 0.05) is 19.9 Å². The van der Waals surface area contributed by atoms with Crippen LogP contribution < -0.4 is 5.32 Å². The monoisotopic (exact) mass is 337 g/mol. The van der Waals surface area contributed by atoms with Crippen LogP contribution in [0.3, 0.4) is 0 Å². The number of nitrogens with one attached hydrogen (secondary N) is 1. The standard InChI is InChI=1S/C18H28N2O4/c1-7-10-16(8-2)13-24-18(23)19-12-9-11-17(14(3)21)20(5,6)15(4)22/h7-8,10,17H,1-2,9,11-13H2,3-6H3/p+1. The van der Waals surface area contributed by atoms with Crippen molar-refractivity contribution in [1.29, 1.82) is 0 Å². The third-order valence-electron chi connectivity index (χ3n) is 3.95. The predicted octanol–water partition coefficient (Wildman–Crippen LogP) is 2.37. The fraction of sp³-hybridized carbons (Fsp3) is 0.500. The summed E-state index contributed by atoms with van der Waals surface area (Å²) >= 11 is 0. The van der Waals surface area contributed by atoms with Gasteiger partial charge in [-0.25, -0.2) is 9.59 Å². The number of quaternary nitrogens is 1. The topological polar surface area (TPSA) is 72.5 Å². The van der Waals surface area contributed by atoms with Gasteiger partial charge < -0.3 is 10.1 Å². The van der Waals surface area contributed by atoms with Gasteiger partial charge in [-0.05, 0) is 12.0 Å². The predicted molar refractivity (Wildman–Crippen MR) is 94.3 cm³/mol. The number of Topliss-reactive ketones (excluding diaryl/α,β-unsaturated/α-hetero) is 1. The highest BCUT2D eigenvalue weighted by Gasteiger charge is 2.35. The molecule has 134 valence electrons. The van der Waals surface area contributed by atoms with E-state index in [-0.39, 0.29) is 22.8 Å². The molecular formula is C18H29N2O4+. The summed E-state index contributed by atoms with van der Waals surface area (Å²) in [6.45, 7) is 10.6. The molecule has 1 unspecified atom stereocenters. The minimum atomic E-state index is -0.536. The molecule has 0 aromatic carbocycles. The lowest BCUT2D eigenvalue weighted by Crippen LogP contribution is -2.55. The molecule has 0 rings (SSSR count). The average molecular weight is 337 g/mol. The first-order valence-electron chi connectivity index (χ1n) is 7.86. The van der Waals surface area contributed by atoms with Crippen LogP contribution in [0.25, 0.3) is 0 Å². The van der Waals surface area contributed by atoms with Crippen molar-refractivity contribution in [1.82, 2.24) is 5.32 Å². The van der Waals surface area contributed by atoms with Crippen molar-refractivity contribution in [2.45, 2.75) is 32.7 Å². The Balaban J connectivity index is 4.31. The van der Waals surface area contributed by atoms with Crippen LogP contribution in [0.15, 0.2) is 37.0 Å². The molecule has 0 radical (unpaired) electrons. The van der Waals surface area contributed by atoms with E-state index in [4.69, 9.17) is 4.74 Å². The van der Waals surface area contributed by atoms with Crippen molar-refractivity contribution >= 4 is 17.8 Å². The van der Waals surface area contributed by atoms with Crippen molar-refractivity contribution in [3.05, 3.63) is 37.0 Å². The Morgan fingerprint density at radius 3 is 2.29 bits per heavy atom. The van der Waals surface area contributed by atoms with Crippen molar-refractivity contribution in [2.75, 3.05) is 27.2 Å². The molecule has 0 aromatic heterocycles. The molecule has 0 fully saturated rings. The van der Waals surface area contributed by atoms with Gasteiger partial charge in [0.05, 0.1) is 21.0 Å². The molecule has 0 heterocycles. The van der Waals surface area contributed by atoms with Gasteiger partial charge in [0.25, 0.3) is 0 Å². The zero-order valence-electron chi connectivity index (χ0n) is 15.1. The summed E-state index contributed by atoms with van der Waals surface area (Å²) in [5.74, 6) is -0.114. The number of ether oxygens (including phenoxy) is 1. The summed E-state index contributed by atoms with van der Waals surface area (Å²) in [6.07, 6.45) is 5.44. The molecular weight excluding hydrogens is 308 g/mol. The van der Waals surface area contributed by atoms with Crippen LogP contribution in [0.4, 0.5) is 4.79 Å². The highest BCUT2D eigenvalue weighted by molar-refractivity contribution is 5.82. The van der Waals surface area contributed by atoms with Crippen LogP contribution in [0.1, 0.15) is 26.7 Å². The zero-order valence-corrected chi connectivity index (χ0v) is 15.1. The summed E-state index contributed by atoms with van der Waals surface area (Å²) in [5.41, 5.74) is 0.748. The van der Waals surface area contributed by atoms with Gasteiger partial charge in [0.15, 0.2) is 11.8 Å². The van der Waals surface area contributed by atoms with Crippen LogP contribution in [0.5, 0.6) is 0 Å². The van der Waals surface area contributed by atoms with E-state index >= 15 is 0 Å². The molecule has 6 nitrogen and oxygen atoms in total. The normalized spacial score (nSPS) is 12.9. The van der Waals surface area contributed by atoms with Crippen molar-refractivity contribution in [3.8, 4) is 0 Å². The van der Waals surface area contributed by atoms with E-state index in [1.54, 1.807) is 32.3 Å². The summed E-state index contributed by atoms with van der Waals surface area (Å²) in [4.78, 5) is 35.1. The number of carbonyl (C=O) groups excluding carboxylic acids is 3. The number of hydrogen-bond donors (Lipinski definition) is 1. The number of allylic oxidation sites excluding steroid dienone is 2. The number of ketones is 1. The van der Waals surface area contributed by atoms with Crippen LogP contribution in [0.2, 0.25) is 0 Å². The molecule has 0 saturated carbocycles. The van der Waals surface area contributed by atoms with Crippen LogP contribution in [-0.2, 0) is 14.3 Å². The number of likely N-dealkylation sites (N-methyl/N-ethyl adjacent to an activating group) is 1. The molecule has 0 aliphatic rings. The largest absolute Gasteiger partial charge is 0.445 e.